The lowest BCUT2D eigenvalue weighted by atomic mass is 10.0. The fourth-order valence-corrected chi connectivity index (χ4v) is 7.49. The minimum atomic E-state index is -1.26. The molecule has 13 nitrogen and oxygen atoms in total. The molecule has 1 aliphatic carbocycles. The molecule has 0 unspecified atom stereocenters. The zero-order chi connectivity index (χ0) is 45.4. The summed E-state index contributed by atoms with van der Waals surface area (Å²) in [6.45, 7) is 0.0631. The van der Waals surface area contributed by atoms with Gasteiger partial charge in [0.05, 0.1) is 43.4 Å². The Morgan fingerprint density at radius 3 is 1.58 bits per heavy atom. The van der Waals surface area contributed by atoms with Gasteiger partial charge in [-0.25, -0.2) is 4.79 Å². The van der Waals surface area contributed by atoms with Crippen LogP contribution in [0.3, 0.4) is 0 Å². The molecule has 0 atom stereocenters. The van der Waals surface area contributed by atoms with Crippen LogP contribution in [0.1, 0.15) is 66.9 Å². The highest BCUT2D eigenvalue weighted by atomic mass is 35.5. The van der Waals surface area contributed by atoms with Crippen LogP contribution in [0.15, 0.2) is 97.6 Å². The Kier molecular flexibility index (Phi) is 14.4. The molecule has 1 aliphatic rings. The second kappa shape index (κ2) is 20.3. The highest BCUT2D eigenvalue weighted by Gasteiger charge is 2.42. The summed E-state index contributed by atoms with van der Waals surface area (Å²) >= 11 is 27.2. The molecule has 0 aliphatic heterocycles. The fourth-order valence-electron chi connectivity index (χ4n) is 6.49. The van der Waals surface area contributed by atoms with Gasteiger partial charge < -0.3 is 34.5 Å². The van der Waals surface area contributed by atoms with E-state index in [9.17, 15) is 30.3 Å². The Bertz CT molecular complexity index is 2840. The van der Waals surface area contributed by atoms with Crippen LogP contribution in [0.4, 0.5) is 0 Å². The third kappa shape index (κ3) is 10.8. The molecule has 0 radical (unpaired) electrons. The number of hydrogen-bond donors (Lipinski definition) is 3. The van der Waals surface area contributed by atoms with Crippen LogP contribution in [0.5, 0.6) is 23.0 Å². The number of rotatable bonds is 18. The van der Waals surface area contributed by atoms with Crippen molar-refractivity contribution in [2.75, 3.05) is 13.2 Å². The number of aromatic carboxylic acids is 1. The number of carbonyl (C=O) groups excluding carboxylic acids is 1. The maximum atomic E-state index is 13.4. The average Bonchev–Trinajstić information content (AvgIpc) is 4.10. The van der Waals surface area contributed by atoms with Crippen LogP contribution >= 0.6 is 46.4 Å². The summed E-state index contributed by atoms with van der Waals surface area (Å²) in [4.78, 5) is 33.6. The van der Waals surface area contributed by atoms with Gasteiger partial charge in [-0.05, 0) is 37.1 Å². The number of halogens is 4. The maximum Gasteiger partial charge on any atom is 0.339 e. The van der Waals surface area contributed by atoms with Crippen LogP contribution in [0, 0.1) is 28.1 Å². The van der Waals surface area contributed by atoms with Gasteiger partial charge in [0, 0.05) is 82.3 Å². The van der Waals surface area contributed by atoms with Crippen LogP contribution in [0.25, 0.3) is 11.1 Å². The number of nitriles is 2. The molecule has 6 aromatic rings. The van der Waals surface area contributed by atoms with Gasteiger partial charge in [0.15, 0.2) is 0 Å². The molecule has 64 heavy (non-hydrogen) atoms. The van der Waals surface area contributed by atoms with E-state index in [0.717, 1.165) is 12.8 Å². The topological polar surface area (TPSA) is 197 Å². The highest BCUT2D eigenvalue weighted by Crippen LogP contribution is 2.45. The van der Waals surface area contributed by atoms with Gasteiger partial charge in [-0.1, -0.05) is 82.8 Å². The van der Waals surface area contributed by atoms with Crippen molar-refractivity contribution < 1.29 is 38.7 Å². The van der Waals surface area contributed by atoms with E-state index in [1.54, 1.807) is 54.7 Å². The van der Waals surface area contributed by atoms with Gasteiger partial charge in [-0.3, -0.25) is 14.8 Å². The van der Waals surface area contributed by atoms with Gasteiger partial charge in [0.25, 0.3) is 5.91 Å². The minimum absolute atomic E-state index is 0.00755. The van der Waals surface area contributed by atoms with Gasteiger partial charge in [-0.2, -0.15) is 10.5 Å². The van der Waals surface area contributed by atoms with Crippen molar-refractivity contribution >= 4 is 58.3 Å². The normalized spacial score (nSPS) is 12.4. The third-order valence-corrected chi connectivity index (χ3v) is 11.8. The summed E-state index contributed by atoms with van der Waals surface area (Å²) in [5.41, 5.74) is 3.81. The summed E-state index contributed by atoms with van der Waals surface area (Å²) in [6.07, 6.45) is 7.51. The maximum absolute atomic E-state index is 13.4. The monoisotopic (exact) mass is 937 g/mol. The predicted molar refractivity (Wildman–Crippen MR) is 238 cm³/mol. The molecule has 0 bridgehead atoms. The van der Waals surface area contributed by atoms with Crippen molar-refractivity contribution in [2.45, 2.75) is 39.3 Å². The quantitative estimate of drug-likeness (QED) is 0.0739. The van der Waals surface area contributed by atoms with Gasteiger partial charge in [0.1, 0.15) is 67.1 Å². The van der Waals surface area contributed by atoms with E-state index in [-0.39, 0.29) is 89.2 Å². The number of aliphatic hydroxyl groups is 1. The lowest BCUT2D eigenvalue weighted by molar-refractivity contribution is 0.0691. The molecule has 3 N–H and O–H groups in total. The van der Waals surface area contributed by atoms with Gasteiger partial charge in [0.2, 0.25) is 0 Å². The Morgan fingerprint density at radius 2 is 1.12 bits per heavy atom. The van der Waals surface area contributed by atoms with Crippen molar-refractivity contribution in [3.8, 4) is 46.3 Å². The van der Waals surface area contributed by atoms with Crippen molar-refractivity contribution in [2.24, 2.45) is 5.41 Å². The number of hydrogen-bond acceptors (Lipinski definition) is 11. The number of benzene rings is 4. The lowest BCUT2D eigenvalue weighted by Gasteiger charge is -2.18. The number of carboxylic acid groups (broad SMARTS) is 1. The Hall–Kier alpha value is -6.58. The van der Waals surface area contributed by atoms with Gasteiger partial charge >= 0.3 is 5.97 Å². The smallest absolute Gasteiger partial charge is 0.339 e. The number of nitrogens with one attached hydrogen (secondary N) is 1. The second-order valence-electron chi connectivity index (χ2n) is 14.8. The number of carboxylic acids is 1. The number of nitrogens with zero attached hydrogens (tertiary/aromatic N) is 4. The molecule has 2 heterocycles. The van der Waals surface area contributed by atoms with Crippen LogP contribution in [-0.4, -0.2) is 45.2 Å². The first-order chi connectivity index (χ1) is 30.9. The first-order valence-electron chi connectivity index (χ1n) is 19.4. The first-order valence-corrected chi connectivity index (χ1v) is 21.0. The van der Waals surface area contributed by atoms with Crippen LogP contribution in [-0.2, 0) is 26.4 Å². The van der Waals surface area contributed by atoms with E-state index in [0.29, 0.717) is 54.6 Å². The number of aliphatic hydroxyl groups excluding tert-OH is 1. The molecule has 0 saturated heterocycles. The van der Waals surface area contributed by atoms with E-state index in [4.69, 9.17) is 65.4 Å². The van der Waals surface area contributed by atoms with Crippen LogP contribution < -0.4 is 24.3 Å². The molecule has 1 fully saturated rings. The number of ether oxygens (including phenoxy) is 4. The molecule has 1 saturated carbocycles. The highest BCUT2D eigenvalue weighted by molar-refractivity contribution is 6.37. The standard InChI is InChI=1S/C47H35Cl4N5O8/c48-37-11-35(45(58)56-25-47(26-57)7-8-47)39(61-21-29-9-27(15-52)17-54-19-29)13-41(37)63-23-31-3-1-5-33(43(31)50)34-6-2-4-32(44(34)51)24-64-42-14-40(36(46(59)60)12-38(42)49)62-22-30-10-28(16-53)18-55-20-30/h1-6,9-14,17-20,57H,7-8,21-26H2,(H,56,58)(H,59,60). The molecule has 17 heteroatoms. The van der Waals surface area contributed by atoms with Crippen LogP contribution in [0.2, 0.25) is 20.1 Å². The van der Waals surface area contributed by atoms with Gasteiger partial charge in [-0.15, -0.1) is 0 Å². The number of carbonyl (C=O) groups is 2. The summed E-state index contributed by atoms with van der Waals surface area (Å²) in [5.74, 6) is -1.20. The Labute approximate surface area is 387 Å². The van der Waals surface area contributed by atoms with Crippen molar-refractivity contribution in [3.05, 3.63) is 162 Å². The Balaban J connectivity index is 1.08. The number of aromatic nitrogens is 2. The van der Waals surface area contributed by atoms with E-state index < -0.39 is 11.9 Å². The number of pyridine rings is 2. The molecular weight excluding hydrogens is 904 g/mol. The van der Waals surface area contributed by atoms with E-state index in [2.05, 4.69) is 15.3 Å². The van der Waals surface area contributed by atoms with Crippen molar-refractivity contribution in [1.82, 2.24) is 15.3 Å². The fraction of sp³-hybridized carbons (Fsp3) is 0.191. The van der Waals surface area contributed by atoms with E-state index >= 15 is 0 Å². The summed E-state index contributed by atoms with van der Waals surface area (Å²) in [5, 5.41) is 41.9. The molecule has 7 rings (SSSR count). The molecule has 1 amide bonds. The summed E-state index contributed by atoms with van der Waals surface area (Å²) < 4.78 is 24.2. The SMILES string of the molecule is N#Cc1cncc(COc2cc(OCc3cccc(-c4cccc(COc5cc(OCc6cncc(C#N)c6)c(C(=O)NCC6(CO)CC6)cc5Cl)c4Cl)c3Cl)c(Cl)cc2C(=O)O)c1. The zero-order valence-electron chi connectivity index (χ0n) is 33.5. The minimum Gasteiger partial charge on any atom is -0.488 e. The summed E-state index contributed by atoms with van der Waals surface area (Å²) in [6, 6.07) is 23.6. The molecular formula is C47H35Cl4N5O8. The third-order valence-electron chi connectivity index (χ3n) is 10.3. The second-order valence-corrected chi connectivity index (χ2v) is 16.4. The average molecular weight is 940 g/mol. The van der Waals surface area contributed by atoms with E-state index in [1.807, 2.05) is 12.1 Å². The lowest BCUT2D eigenvalue weighted by Crippen LogP contribution is -2.32. The zero-order valence-corrected chi connectivity index (χ0v) is 36.6. The van der Waals surface area contributed by atoms with Crippen molar-refractivity contribution in [1.29, 1.82) is 10.5 Å². The molecule has 4 aromatic carbocycles. The largest absolute Gasteiger partial charge is 0.488 e. The molecule has 0 spiro atoms. The summed E-state index contributed by atoms with van der Waals surface area (Å²) in [7, 11) is 0. The van der Waals surface area contributed by atoms with Crippen molar-refractivity contribution in [3.63, 3.8) is 0 Å². The number of amides is 1. The molecule has 2 aromatic heterocycles. The Morgan fingerprint density at radius 1 is 0.656 bits per heavy atom. The predicted octanol–water partition coefficient (Wildman–Crippen LogP) is 10.0. The molecule has 324 valence electrons. The van der Waals surface area contributed by atoms with E-state index in [1.165, 1.54) is 42.9 Å². The first kappa shape index (κ1) is 45.4.